The van der Waals surface area contributed by atoms with Crippen LogP contribution in [0.15, 0.2) is 24.3 Å². The highest BCUT2D eigenvalue weighted by molar-refractivity contribution is 6.30. The van der Waals surface area contributed by atoms with Gasteiger partial charge >= 0.3 is 0 Å². The van der Waals surface area contributed by atoms with Crippen LogP contribution >= 0.6 is 11.6 Å². The van der Waals surface area contributed by atoms with Crippen LogP contribution in [0.3, 0.4) is 0 Å². The topological polar surface area (TPSA) is 32.3 Å². The molecular weight excluding hydrogens is 248 g/mol. The van der Waals surface area contributed by atoms with Crippen LogP contribution in [0.4, 0.5) is 8.78 Å². The molecule has 0 aromatic heterocycles. The number of hydrogen-bond acceptors (Lipinski definition) is 2. The molecule has 2 atom stereocenters. The first kappa shape index (κ1) is 14.4. The Labute approximate surface area is 105 Å². The summed E-state index contributed by atoms with van der Waals surface area (Å²) >= 11 is 5.77. The van der Waals surface area contributed by atoms with Crippen molar-refractivity contribution >= 4 is 11.6 Å². The normalized spacial score (nSPS) is 14.9. The second-order valence-electron chi connectivity index (χ2n) is 3.82. The van der Waals surface area contributed by atoms with E-state index in [1.807, 2.05) is 19.1 Å². The molecule has 0 aliphatic heterocycles. The van der Waals surface area contributed by atoms with Crippen molar-refractivity contribution in [2.24, 2.45) is 0 Å². The van der Waals surface area contributed by atoms with Gasteiger partial charge in [0.05, 0.1) is 0 Å². The Morgan fingerprint density at radius 3 is 2.35 bits per heavy atom. The van der Waals surface area contributed by atoms with Crippen LogP contribution in [-0.2, 0) is 0 Å². The lowest BCUT2D eigenvalue weighted by molar-refractivity contribution is -0.00471. The molecule has 1 rings (SSSR count). The van der Waals surface area contributed by atoms with E-state index in [-0.39, 0.29) is 12.6 Å². The highest BCUT2D eigenvalue weighted by atomic mass is 35.5. The summed E-state index contributed by atoms with van der Waals surface area (Å²) in [6.45, 7) is 1.82. The Balaban J connectivity index is 2.57. The molecule has 0 saturated carbocycles. The highest BCUT2D eigenvalue weighted by Crippen LogP contribution is 2.19. The van der Waals surface area contributed by atoms with E-state index in [9.17, 15) is 8.78 Å². The van der Waals surface area contributed by atoms with Gasteiger partial charge in [0.15, 0.2) is 0 Å². The summed E-state index contributed by atoms with van der Waals surface area (Å²) in [5.41, 5.74) is 0.971. The third-order valence-electron chi connectivity index (χ3n) is 2.54. The molecule has 0 bridgehead atoms. The molecule has 0 fully saturated rings. The standard InChI is InChI=1S/C12H16ClF2NO/c1-2-10(16-7-11(17)12(14)15)8-3-5-9(13)6-4-8/h3-6,10-12,16-17H,2,7H2,1H3. The average molecular weight is 264 g/mol. The Kier molecular flexibility index (Phi) is 5.82. The molecule has 0 spiro atoms. The van der Waals surface area contributed by atoms with Crippen LogP contribution in [0.2, 0.25) is 5.02 Å². The zero-order valence-electron chi connectivity index (χ0n) is 9.54. The highest BCUT2D eigenvalue weighted by Gasteiger charge is 2.18. The molecule has 0 heterocycles. The first-order chi connectivity index (χ1) is 8.04. The minimum Gasteiger partial charge on any atom is -0.386 e. The van der Waals surface area contributed by atoms with Crippen LogP contribution in [0.1, 0.15) is 24.9 Å². The van der Waals surface area contributed by atoms with E-state index in [0.717, 1.165) is 12.0 Å². The smallest absolute Gasteiger partial charge is 0.265 e. The second kappa shape index (κ2) is 6.89. The number of alkyl halides is 2. The fourth-order valence-corrected chi connectivity index (χ4v) is 1.67. The van der Waals surface area contributed by atoms with E-state index in [1.165, 1.54) is 0 Å². The third kappa shape index (κ3) is 4.58. The van der Waals surface area contributed by atoms with Crippen molar-refractivity contribution in [3.05, 3.63) is 34.9 Å². The SMILES string of the molecule is CCC(NCC(O)C(F)F)c1ccc(Cl)cc1. The van der Waals surface area contributed by atoms with Crippen LogP contribution in [0.5, 0.6) is 0 Å². The summed E-state index contributed by atoms with van der Waals surface area (Å²) in [6, 6.07) is 7.15. The van der Waals surface area contributed by atoms with Gasteiger partial charge in [-0.3, -0.25) is 0 Å². The molecule has 1 aromatic carbocycles. The maximum Gasteiger partial charge on any atom is 0.265 e. The molecule has 0 aliphatic carbocycles. The number of hydrogen-bond donors (Lipinski definition) is 2. The van der Waals surface area contributed by atoms with E-state index in [1.54, 1.807) is 12.1 Å². The van der Waals surface area contributed by atoms with Gasteiger partial charge in [-0.1, -0.05) is 30.7 Å². The van der Waals surface area contributed by atoms with Gasteiger partial charge in [-0.25, -0.2) is 8.78 Å². The van der Waals surface area contributed by atoms with Crippen molar-refractivity contribution in [3.8, 4) is 0 Å². The van der Waals surface area contributed by atoms with Crippen molar-refractivity contribution < 1.29 is 13.9 Å². The van der Waals surface area contributed by atoms with Crippen molar-refractivity contribution in [2.75, 3.05) is 6.54 Å². The minimum atomic E-state index is -2.72. The Bertz CT molecular complexity index is 332. The number of halogens is 3. The van der Waals surface area contributed by atoms with Gasteiger partial charge in [-0.05, 0) is 24.1 Å². The van der Waals surface area contributed by atoms with Crippen LogP contribution in [0, 0.1) is 0 Å². The van der Waals surface area contributed by atoms with Gasteiger partial charge in [0.2, 0.25) is 0 Å². The third-order valence-corrected chi connectivity index (χ3v) is 2.80. The van der Waals surface area contributed by atoms with Gasteiger partial charge < -0.3 is 10.4 Å². The van der Waals surface area contributed by atoms with Gasteiger partial charge in [0.1, 0.15) is 6.10 Å². The zero-order valence-corrected chi connectivity index (χ0v) is 10.3. The average Bonchev–Trinajstić information content (AvgIpc) is 2.31. The van der Waals surface area contributed by atoms with Crippen molar-refractivity contribution in [2.45, 2.75) is 31.9 Å². The lowest BCUT2D eigenvalue weighted by Crippen LogP contribution is -2.34. The van der Waals surface area contributed by atoms with E-state index in [0.29, 0.717) is 5.02 Å². The van der Waals surface area contributed by atoms with Gasteiger partial charge in [0, 0.05) is 17.6 Å². The molecule has 2 N–H and O–H groups in total. The molecule has 0 aliphatic rings. The van der Waals surface area contributed by atoms with E-state index in [2.05, 4.69) is 5.32 Å². The minimum absolute atomic E-state index is 0.0549. The first-order valence-electron chi connectivity index (χ1n) is 5.49. The van der Waals surface area contributed by atoms with E-state index >= 15 is 0 Å². The van der Waals surface area contributed by atoms with Gasteiger partial charge in [0.25, 0.3) is 6.43 Å². The maximum absolute atomic E-state index is 12.1. The summed E-state index contributed by atoms with van der Waals surface area (Å²) in [5.74, 6) is 0. The molecular formula is C12H16ClF2NO. The predicted molar refractivity (Wildman–Crippen MR) is 64.5 cm³/mol. The van der Waals surface area contributed by atoms with Crippen molar-refractivity contribution in [1.82, 2.24) is 5.32 Å². The number of aliphatic hydroxyl groups is 1. The number of nitrogens with one attached hydrogen (secondary N) is 1. The molecule has 0 radical (unpaired) electrons. The predicted octanol–water partition coefficient (Wildman–Crippen LogP) is 3.01. The summed E-state index contributed by atoms with van der Waals surface area (Å²) in [5, 5.41) is 12.6. The second-order valence-corrected chi connectivity index (χ2v) is 4.26. The van der Waals surface area contributed by atoms with Crippen LogP contribution < -0.4 is 5.32 Å². The summed E-state index contributed by atoms with van der Waals surface area (Å²) in [7, 11) is 0. The molecule has 2 unspecified atom stereocenters. The summed E-state index contributed by atoms with van der Waals surface area (Å²) in [6.07, 6.45) is -3.60. The summed E-state index contributed by atoms with van der Waals surface area (Å²) < 4.78 is 24.3. The number of rotatable bonds is 6. The maximum atomic E-state index is 12.1. The molecule has 1 aromatic rings. The molecule has 0 saturated heterocycles. The number of benzene rings is 1. The Morgan fingerprint density at radius 1 is 1.29 bits per heavy atom. The molecule has 2 nitrogen and oxygen atoms in total. The largest absolute Gasteiger partial charge is 0.386 e. The molecule has 0 amide bonds. The fourth-order valence-electron chi connectivity index (χ4n) is 1.55. The van der Waals surface area contributed by atoms with Crippen LogP contribution in [-0.4, -0.2) is 24.2 Å². The van der Waals surface area contributed by atoms with E-state index < -0.39 is 12.5 Å². The quantitative estimate of drug-likeness (QED) is 0.827. The van der Waals surface area contributed by atoms with Gasteiger partial charge in [-0.2, -0.15) is 0 Å². The lowest BCUT2D eigenvalue weighted by Gasteiger charge is -2.19. The zero-order chi connectivity index (χ0) is 12.8. The van der Waals surface area contributed by atoms with Crippen LogP contribution in [0.25, 0.3) is 0 Å². The monoisotopic (exact) mass is 263 g/mol. The molecule has 17 heavy (non-hydrogen) atoms. The first-order valence-corrected chi connectivity index (χ1v) is 5.87. The Hall–Kier alpha value is -0.710. The van der Waals surface area contributed by atoms with Gasteiger partial charge in [-0.15, -0.1) is 0 Å². The van der Waals surface area contributed by atoms with Crippen molar-refractivity contribution in [3.63, 3.8) is 0 Å². The fraction of sp³-hybridized carbons (Fsp3) is 0.500. The summed E-state index contributed by atoms with van der Waals surface area (Å²) in [4.78, 5) is 0. The van der Waals surface area contributed by atoms with Crippen molar-refractivity contribution in [1.29, 1.82) is 0 Å². The van der Waals surface area contributed by atoms with E-state index in [4.69, 9.17) is 16.7 Å². The number of aliphatic hydroxyl groups excluding tert-OH is 1. The lowest BCUT2D eigenvalue weighted by atomic mass is 10.0. The Morgan fingerprint density at radius 2 is 1.88 bits per heavy atom. The molecule has 96 valence electrons. The molecule has 5 heteroatoms.